The van der Waals surface area contributed by atoms with Crippen LogP contribution >= 0.6 is 15.9 Å². The molecule has 0 unspecified atom stereocenters. The zero-order chi connectivity index (χ0) is 15.5. The highest BCUT2D eigenvalue weighted by molar-refractivity contribution is 9.10. The summed E-state index contributed by atoms with van der Waals surface area (Å²) in [5.41, 5.74) is 0.967. The number of anilines is 1. The van der Waals surface area contributed by atoms with Crippen molar-refractivity contribution in [3.05, 3.63) is 34.4 Å². The van der Waals surface area contributed by atoms with Crippen LogP contribution in [-0.4, -0.2) is 32.8 Å². The first kappa shape index (κ1) is 15.8. The monoisotopic (exact) mass is 374 g/mol. The third kappa shape index (κ3) is 3.55. The van der Waals surface area contributed by atoms with Crippen LogP contribution in [0.1, 0.15) is 5.56 Å². The lowest BCUT2D eigenvalue weighted by Gasteiger charge is -2.10. The molecule has 21 heavy (non-hydrogen) atoms. The number of sulfonamides is 1. The first-order valence-corrected chi connectivity index (χ1v) is 8.28. The van der Waals surface area contributed by atoms with Gasteiger partial charge in [-0.05, 0) is 35.1 Å². The standard InChI is InChI=1S/C12H15BrN4O3S/c1-14-6-8-7-15-16-12(8)21(18,19)17-9-3-4-10(13)11(5-9)20-2/h3-5,7,14,17H,6H2,1-2H3,(H,15,16). The molecule has 0 bridgehead atoms. The highest BCUT2D eigenvalue weighted by Crippen LogP contribution is 2.29. The summed E-state index contributed by atoms with van der Waals surface area (Å²) in [5, 5.41) is 9.22. The van der Waals surface area contributed by atoms with Crippen LogP contribution in [0.4, 0.5) is 5.69 Å². The summed E-state index contributed by atoms with van der Waals surface area (Å²) in [6.07, 6.45) is 1.48. The van der Waals surface area contributed by atoms with E-state index in [4.69, 9.17) is 4.74 Å². The van der Waals surface area contributed by atoms with Gasteiger partial charge in [-0.3, -0.25) is 9.82 Å². The number of hydrogen-bond acceptors (Lipinski definition) is 5. The fourth-order valence-corrected chi connectivity index (χ4v) is 3.37. The lowest BCUT2D eigenvalue weighted by atomic mass is 10.3. The summed E-state index contributed by atoms with van der Waals surface area (Å²) in [4.78, 5) is 0. The summed E-state index contributed by atoms with van der Waals surface area (Å²) in [5.74, 6) is 0.537. The fraction of sp³-hybridized carbons (Fsp3) is 0.250. The second-order valence-electron chi connectivity index (χ2n) is 4.21. The van der Waals surface area contributed by atoms with E-state index in [2.05, 4.69) is 36.2 Å². The van der Waals surface area contributed by atoms with E-state index in [0.717, 1.165) is 4.47 Å². The number of rotatable bonds is 6. The summed E-state index contributed by atoms with van der Waals surface area (Å²) in [6.45, 7) is 0.399. The van der Waals surface area contributed by atoms with Gasteiger partial charge in [0.2, 0.25) is 0 Å². The minimum atomic E-state index is -3.74. The maximum absolute atomic E-state index is 12.4. The Kier molecular flexibility index (Phi) is 4.86. The van der Waals surface area contributed by atoms with Gasteiger partial charge in [-0.1, -0.05) is 0 Å². The highest BCUT2D eigenvalue weighted by Gasteiger charge is 2.21. The Morgan fingerprint density at radius 1 is 1.43 bits per heavy atom. The molecule has 3 N–H and O–H groups in total. The molecular weight excluding hydrogens is 360 g/mol. The molecule has 0 fully saturated rings. The van der Waals surface area contributed by atoms with Crippen molar-refractivity contribution in [1.29, 1.82) is 0 Å². The van der Waals surface area contributed by atoms with Gasteiger partial charge in [0.05, 0.1) is 23.5 Å². The molecule has 9 heteroatoms. The Bertz CT molecular complexity index is 730. The van der Waals surface area contributed by atoms with Gasteiger partial charge in [0.15, 0.2) is 5.03 Å². The molecule has 0 spiro atoms. The van der Waals surface area contributed by atoms with Crippen LogP contribution in [0.15, 0.2) is 33.9 Å². The lowest BCUT2D eigenvalue weighted by Crippen LogP contribution is -2.17. The Labute approximate surface area is 131 Å². The molecule has 0 saturated carbocycles. The zero-order valence-electron chi connectivity index (χ0n) is 11.5. The van der Waals surface area contributed by atoms with Gasteiger partial charge < -0.3 is 10.1 Å². The predicted octanol–water partition coefficient (Wildman–Crippen LogP) is 1.70. The number of benzene rings is 1. The summed E-state index contributed by atoms with van der Waals surface area (Å²) < 4.78 is 33.1. The van der Waals surface area contributed by atoms with E-state index in [1.54, 1.807) is 25.2 Å². The van der Waals surface area contributed by atoms with Crippen LogP contribution in [0.5, 0.6) is 5.75 Å². The quantitative estimate of drug-likeness (QED) is 0.714. The van der Waals surface area contributed by atoms with Crippen molar-refractivity contribution in [3.63, 3.8) is 0 Å². The maximum atomic E-state index is 12.4. The van der Waals surface area contributed by atoms with Crippen molar-refractivity contribution < 1.29 is 13.2 Å². The third-order valence-corrected chi connectivity index (χ3v) is 4.77. The average Bonchev–Trinajstić information content (AvgIpc) is 2.90. The molecule has 0 aliphatic heterocycles. The minimum Gasteiger partial charge on any atom is -0.495 e. The number of halogens is 1. The Morgan fingerprint density at radius 3 is 2.86 bits per heavy atom. The van der Waals surface area contributed by atoms with Crippen molar-refractivity contribution >= 4 is 31.6 Å². The molecule has 7 nitrogen and oxygen atoms in total. The predicted molar refractivity (Wildman–Crippen MR) is 82.9 cm³/mol. The molecule has 0 atom stereocenters. The van der Waals surface area contributed by atoms with Gasteiger partial charge in [-0.25, -0.2) is 0 Å². The van der Waals surface area contributed by atoms with Gasteiger partial charge in [0.1, 0.15) is 5.75 Å². The fourth-order valence-electron chi connectivity index (χ4n) is 1.78. The maximum Gasteiger partial charge on any atom is 0.279 e. The van der Waals surface area contributed by atoms with E-state index in [0.29, 0.717) is 23.5 Å². The first-order valence-electron chi connectivity index (χ1n) is 6.01. The number of ether oxygens (including phenoxy) is 1. The van der Waals surface area contributed by atoms with Crippen molar-refractivity contribution in [2.45, 2.75) is 11.6 Å². The van der Waals surface area contributed by atoms with E-state index in [9.17, 15) is 8.42 Å². The minimum absolute atomic E-state index is 0.0405. The van der Waals surface area contributed by atoms with E-state index in [1.807, 2.05) is 0 Å². The molecule has 114 valence electrons. The van der Waals surface area contributed by atoms with E-state index in [-0.39, 0.29) is 5.03 Å². The van der Waals surface area contributed by atoms with Gasteiger partial charge in [0.25, 0.3) is 10.0 Å². The molecule has 2 aromatic rings. The molecule has 1 aromatic heterocycles. The molecule has 2 rings (SSSR count). The van der Waals surface area contributed by atoms with Crippen molar-refractivity contribution in [3.8, 4) is 5.75 Å². The van der Waals surface area contributed by atoms with Crippen molar-refractivity contribution in [1.82, 2.24) is 15.5 Å². The number of nitrogens with one attached hydrogen (secondary N) is 3. The molecule has 1 aromatic carbocycles. The van der Waals surface area contributed by atoms with Crippen LogP contribution in [-0.2, 0) is 16.6 Å². The van der Waals surface area contributed by atoms with Gasteiger partial charge in [0, 0.05) is 18.2 Å². The van der Waals surface area contributed by atoms with Crippen LogP contribution in [0.3, 0.4) is 0 Å². The Hall–Kier alpha value is -1.58. The highest BCUT2D eigenvalue weighted by atomic mass is 79.9. The zero-order valence-corrected chi connectivity index (χ0v) is 13.9. The normalized spacial score (nSPS) is 11.4. The second kappa shape index (κ2) is 6.46. The van der Waals surface area contributed by atoms with E-state index >= 15 is 0 Å². The topological polar surface area (TPSA) is 96.1 Å². The molecule has 1 heterocycles. The van der Waals surface area contributed by atoms with E-state index < -0.39 is 10.0 Å². The number of nitrogens with zero attached hydrogens (tertiary/aromatic N) is 1. The summed E-state index contributed by atoms with van der Waals surface area (Å²) in [7, 11) is -0.495. The van der Waals surface area contributed by atoms with Gasteiger partial charge in [-0.2, -0.15) is 13.5 Å². The van der Waals surface area contributed by atoms with Crippen molar-refractivity contribution in [2.24, 2.45) is 0 Å². The summed E-state index contributed by atoms with van der Waals surface area (Å²) in [6, 6.07) is 4.94. The molecule has 0 aliphatic carbocycles. The van der Waals surface area contributed by atoms with Gasteiger partial charge >= 0.3 is 0 Å². The smallest absolute Gasteiger partial charge is 0.279 e. The van der Waals surface area contributed by atoms with Gasteiger partial charge in [-0.15, -0.1) is 0 Å². The molecule has 0 radical (unpaired) electrons. The number of aromatic nitrogens is 2. The number of aromatic amines is 1. The molecule has 0 aliphatic rings. The van der Waals surface area contributed by atoms with Crippen LogP contribution in [0.2, 0.25) is 0 Å². The SMILES string of the molecule is CNCc1cn[nH]c1S(=O)(=O)Nc1ccc(Br)c(OC)c1. The molecule has 0 amide bonds. The van der Waals surface area contributed by atoms with Crippen LogP contribution in [0.25, 0.3) is 0 Å². The van der Waals surface area contributed by atoms with E-state index in [1.165, 1.54) is 13.3 Å². The molecule has 0 saturated heterocycles. The Morgan fingerprint density at radius 2 is 2.19 bits per heavy atom. The first-order chi connectivity index (χ1) is 9.97. The number of H-pyrrole nitrogens is 1. The average molecular weight is 375 g/mol. The lowest BCUT2D eigenvalue weighted by molar-refractivity contribution is 0.412. The third-order valence-electron chi connectivity index (χ3n) is 2.72. The molecular formula is C12H15BrN4O3S. The van der Waals surface area contributed by atoms with Crippen LogP contribution < -0.4 is 14.8 Å². The van der Waals surface area contributed by atoms with Crippen LogP contribution in [0, 0.1) is 0 Å². The number of hydrogen-bond donors (Lipinski definition) is 3. The van der Waals surface area contributed by atoms with Crippen molar-refractivity contribution in [2.75, 3.05) is 18.9 Å². The number of methoxy groups -OCH3 is 1. The second-order valence-corrected chi connectivity index (χ2v) is 6.68. The summed E-state index contributed by atoms with van der Waals surface area (Å²) >= 11 is 3.31. The largest absolute Gasteiger partial charge is 0.495 e. The Balaban J connectivity index is 2.31.